The number of nitrogens with two attached hydrogens (primary N) is 1. The van der Waals surface area contributed by atoms with Gasteiger partial charge in [0.2, 0.25) is 0 Å². The first-order valence-corrected chi connectivity index (χ1v) is 5.84. The van der Waals surface area contributed by atoms with Crippen molar-refractivity contribution in [2.75, 3.05) is 0 Å². The number of hydrogen-bond acceptors (Lipinski definition) is 3. The molecule has 0 unspecified atom stereocenters. The van der Waals surface area contributed by atoms with Gasteiger partial charge in [0.15, 0.2) is 5.69 Å². The Hall–Kier alpha value is -1.40. The lowest BCUT2D eigenvalue weighted by Gasteiger charge is -2.05. The molecular formula is C10H8BrClN4O. The van der Waals surface area contributed by atoms with E-state index in [2.05, 4.69) is 31.3 Å². The molecule has 0 atom stereocenters. The van der Waals surface area contributed by atoms with E-state index in [1.54, 1.807) is 0 Å². The van der Waals surface area contributed by atoms with E-state index in [1.807, 2.05) is 19.1 Å². The van der Waals surface area contributed by atoms with Gasteiger partial charge in [-0.1, -0.05) is 11.6 Å². The zero-order valence-electron chi connectivity index (χ0n) is 8.79. The molecule has 17 heavy (non-hydrogen) atoms. The van der Waals surface area contributed by atoms with Crippen molar-refractivity contribution >= 4 is 33.4 Å². The topological polar surface area (TPSA) is 84.7 Å². The summed E-state index contributed by atoms with van der Waals surface area (Å²) in [7, 11) is 0. The number of hydrogen-bond donors (Lipinski definition) is 2. The molecule has 0 bridgehead atoms. The SMILES string of the molecule is Cc1cc(Br)c(Cl)c(-c2n[nH]nc2C(N)=O)c1. The van der Waals surface area contributed by atoms with Gasteiger partial charge >= 0.3 is 0 Å². The number of rotatable bonds is 2. The summed E-state index contributed by atoms with van der Waals surface area (Å²) in [4.78, 5) is 11.2. The molecule has 0 radical (unpaired) electrons. The van der Waals surface area contributed by atoms with Crippen LogP contribution in [0.15, 0.2) is 16.6 Å². The third-order valence-electron chi connectivity index (χ3n) is 2.21. The Morgan fingerprint density at radius 2 is 2.18 bits per heavy atom. The van der Waals surface area contributed by atoms with Crippen molar-refractivity contribution in [3.05, 3.63) is 32.9 Å². The van der Waals surface area contributed by atoms with Crippen LogP contribution in [0.2, 0.25) is 5.02 Å². The minimum atomic E-state index is -0.651. The fourth-order valence-electron chi connectivity index (χ4n) is 1.49. The highest BCUT2D eigenvalue weighted by Crippen LogP contribution is 2.34. The van der Waals surface area contributed by atoms with E-state index in [9.17, 15) is 4.79 Å². The number of carbonyl (C=O) groups excluding carboxylic acids is 1. The number of aromatic nitrogens is 3. The van der Waals surface area contributed by atoms with Crippen LogP contribution in [-0.4, -0.2) is 21.3 Å². The van der Waals surface area contributed by atoms with E-state index >= 15 is 0 Å². The van der Waals surface area contributed by atoms with Crippen LogP contribution in [-0.2, 0) is 0 Å². The molecule has 1 aromatic heterocycles. The van der Waals surface area contributed by atoms with Gasteiger partial charge in [-0.05, 0) is 40.5 Å². The van der Waals surface area contributed by atoms with Crippen LogP contribution < -0.4 is 5.73 Å². The molecule has 1 amide bonds. The number of nitrogens with zero attached hydrogens (tertiary/aromatic N) is 2. The van der Waals surface area contributed by atoms with E-state index in [0.717, 1.165) is 10.0 Å². The molecule has 1 aromatic carbocycles. The number of nitrogens with one attached hydrogen (secondary N) is 1. The fourth-order valence-corrected chi connectivity index (χ4v) is 2.26. The minimum absolute atomic E-state index is 0.0735. The number of amides is 1. The lowest BCUT2D eigenvalue weighted by atomic mass is 10.1. The molecule has 2 rings (SSSR count). The van der Waals surface area contributed by atoms with Crippen LogP contribution in [0.1, 0.15) is 16.1 Å². The third kappa shape index (κ3) is 2.18. The summed E-state index contributed by atoms with van der Waals surface area (Å²) in [5.74, 6) is -0.651. The number of primary amides is 1. The number of benzene rings is 1. The Balaban J connectivity index is 2.68. The molecule has 7 heteroatoms. The number of H-pyrrole nitrogens is 1. The maximum Gasteiger partial charge on any atom is 0.271 e. The lowest BCUT2D eigenvalue weighted by molar-refractivity contribution is 0.0996. The largest absolute Gasteiger partial charge is 0.364 e. The summed E-state index contributed by atoms with van der Waals surface area (Å²) in [5, 5.41) is 10.5. The number of aryl methyl sites for hydroxylation is 1. The molecule has 2 aromatic rings. The number of halogens is 2. The van der Waals surface area contributed by atoms with Crippen LogP contribution in [0.25, 0.3) is 11.3 Å². The maximum atomic E-state index is 11.2. The Morgan fingerprint density at radius 3 is 2.82 bits per heavy atom. The molecular weight excluding hydrogens is 307 g/mol. The Labute approximate surface area is 110 Å². The summed E-state index contributed by atoms with van der Waals surface area (Å²) in [5.41, 5.74) is 7.23. The Kier molecular flexibility index (Phi) is 3.17. The van der Waals surface area contributed by atoms with E-state index in [-0.39, 0.29) is 5.69 Å². The molecule has 0 aliphatic carbocycles. The predicted molar refractivity (Wildman–Crippen MR) is 67.8 cm³/mol. The second-order valence-corrected chi connectivity index (χ2v) is 4.73. The first-order valence-electron chi connectivity index (χ1n) is 4.67. The average molecular weight is 316 g/mol. The quantitative estimate of drug-likeness (QED) is 0.891. The van der Waals surface area contributed by atoms with Crippen molar-refractivity contribution in [3.8, 4) is 11.3 Å². The molecule has 1 heterocycles. The van der Waals surface area contributed by atoms with Crippen LogP contribution in [0.4, 0.5) is 0 Å². The van der Waals surface area contributed by atoms with Crippen LogP contribution >= 0.6 is 27.5 Å². The van der Waals surface area contributed by atoms with Gasteiger partial charge in [0.05, 0.1) is 5.02 Å². The normalized spacial score (nSPS) is 10.5. The van der Waals surface area contributed by atoms with Crippen molar-refractivity contribution in [1.82, 2.24) is 15.4 Å². The maximum absolute atomic E-state index is 11.2. The molecule has 0 fully saturated rings. The molecule has 0 aliphatic rings. The second-order valence-electron chi connectivity index (χ2n) is 3.49. The standard InChI is InChI=1S/C10H8BrClN4O/c1-4-2-5(7(12)6(11)3-4)8-9(10(13)17)15-16-14-8/h2-3H,1H3,(H2,13,17)(H,14,15,16). The van der Waals surface area contributed by atoms with E-state index < -0.39 is 5.91 Å². The zero-order chi connectivity index (χ0) is 12.6. The van der Waals surface area contributed by atoms with Gasteiger partial charge in [-0.15, -0.1) is 0 Å². The summed E-state index contributed by atoms with van der Waals surface area (Å²) < 4.78 is 0.729. The van der Waals surface area contributed by atoms with Gasteiger partial charge in [-0.3, -0.25) is 4.79 Å². The van der Waals surface area contributed by atoms with Gasteiger partial charge in [-0.25, -0.2) is 0 Å². The third-order valence-corrected chi connectivity index (χ3v) is 3.47. The van der Waals surface area contributed by atoms with Gasteiger partial charge in [0, 0.05) is 10.0 Å². The van der Waals surface area contributed by atoms with E-state index in [4.69, 9.17) is 17.3 Å². The van der Waals surface area contributed by atoms with E-state index in [1.165, 1.54) is 0 Å². The Bertz CT molecular complexity index is 596. The van der Waals surface area contributed by atoms with Crippen LogP contribution in [0.5, 0.6) is 0 Å². The molecule has 0 saturated carbocycles. The molecule has 5 nitrogen and oxygen atoms in total. The van der Waals surface area contributed by atoms with Gasteiger partial charge in [0.25, 0.3) is 5.91 Å². The monoisotopic (exact) mass is 314 g/mol. The fraction of sp³-hybridized carbons (Fsp3) is 0.100. The zero-order valence-corrected chi connectivity index (χ0v) is 11.1. The highest BCUT2D eigenvalue weighted by atomic mass is 79.9. The predicted octanol–water partition coefficient (Wildman–Crippen LogP) is 2.29. The van der Waals surface area contributed by atoms with Crippen molar-refractivity contribution in [1.29, 1.82) is 0 Å². The smallest absolute Gasteiger partial charge is 0.271 e. The summed E-state index contributed by atoms with van der Waals surface area (Å²) in [6.07, 6.45) is 0. The van der Waals surface area contributed by atoms with E-state index in [0.29, 0.717) is 16.3 Å². The van der Waals surface area contributed by atoms with Crippen molar-refractivity contribution in [3.63, 3.8) is 0 Å². The first-order chi connectivity index (χ1) is 8.00. The summed E-state index contributed by atoms with van der Waals surface area (Å²) in [6.45, 7) is 1.91. The average Bonchev–Trinajstić information content (AvgIpc) is 2.72. The lowest BCUT2D eigenvalue weighted by Crippen LogP contribution is -2.12. The highest BCUT2D eigenvalue weighted by molar-refractivity contribution is 9.10. The summed E-state index contributed by atoms with van der Waals surface area (Å²) in [6, 6.07) is 3.69. The van der Waals surface area contributed by atoms with Gasteiger partial charge < -0.3 is 5.73 Å². The van der Waals surface area contributed by atoms with Gasteiger partial charge in [-0.2, -0.15) is 15.4 Å². The molecule has 88 valence electrons. The molecule has 0 aliphatic heterocycles. The highest BCUT2D eigenvalue weighted by Gasteiger charge is 2.18. The van der Waals surface area contributed by atoms with Crippen LogP contribution in [0.3, 0.4) is 0 Å². The molecule has 0 saturated heterocycles. The second kappa shape index (κ2) is 4.46. The van der Waals surface area contributed by atoms with Crippen molar-refractivity contribution in [2.24, 2.45) is 5.73 Å². The summed E-state index contributed by atoms with van der Waals surface area (Å²) >= 11 is 9.49. The van der Waals surface area contributed by atoms with Gasteiger partial charge in [0.1, 0.15) is 5.69 Å². The van der Waals surface area contributed by atoms with Crippen molar-refractivity contribution in [2.45, 2.75) is 6.92 Å². The number of aromatic amines is 1. The molecule has 0 spiro atoms. The number of carbonyl (C=O) groups is 1. The minimum Gasteiger partial charge on any atom is -0.364 e. The van der Waals surface area contributed by atoms with Crippen LogP contribution in [0, 0.1) is 6.92 Å². The Morgan fingerprint density at radius 1 is 1.47 bits per heavy atom. The first kappa shape index (κ1) is 12.1. The molecule has 3 N–H and O–H groups in total. The van der Waals surface area contributed by atoms with Crippen molar-refractivity contribution < 1.29 is 4.79 Å².